The molecule has 8 heteroatoms. The van der Waals surface area contributed by atoms with Crippen molar-refractivity contribution in [3.05, 3.63) is 63.7 Å². The first kappa shape index (κ1) is 21.8. The number of aliphatic hydroxyl groups excluding tert-OH is 1. The number of rotatable bonds is 6. The quantitative estimate of drug-likeness (QED) is 0.623. The van der Waals surface area contributed by atoms with E-state index in [1.807, 2.05) is 47.5 Å². The molecule has 0 aliphatic heterocycles. The number of benzene rings is 2. The Kier molecular flexibility index (Phi) is 7.37. The number of aliphatic hydroxyl groups is 1. The van der Waals surface area contributed by atoms with Crippen LogP contribution in [-0.2, 0) is 13.1 Å². The van der Waals surface area contributed by atoms with E-state index in [0.29, 0.717) is 27.8 Å². The van der Waals surface area contributed by atoms with Crippen LogP contribution in [0.25, 0.3) is 11.0 Å². The first-order valence-electron chi connectivity index (χ1n) is 8.39. The minimum Gasteiger partial charge on any atom is -0.387 e. The Morgan fingerprint density at radius 1 is 1.04 bits per heavy atom. The van der Waals surface area contributed by atoms with Crippen LogP contribution in [0, 0.1) is 5.41 Å². The summed E-state index contributed by atoms with van der Waals surface area (Å²) in [6, 6.07) is 13.0. The van der Waals surface area contributed by atoms with E-state index in [1.165, 1.54) is 0 Å². The van der Waals surface area contributed by atoms with E-state index < -0.39 is 6.10 Å². The third-order valence-corrected chi connectivity index (χ3v) is 5.17. The molecule has 1 heterocycles. The summed E-state index contributed by atoms with van der Waals surface area (Å²) in [7, 11) is 4.02. The zero-order valence-electron chi connectivity index (χ0n) is 15.2. The van der Waals surface area contributed by atoms with Crippen LogP contribution in [0.4, 0.5) is 0 Å². The van der Waals surface area contributed by atoms with Crippen LogP contribution in [0.2, 0.25) is 10.0 Å². The molecule has 146 valence electrons. The molecule has 0 saturated carbocycles. The van der Waals surface area contributed by atoms with Gasteiger partial charge in [0, 0.05) is 13.1 Å². The molecule has 27 heavy (non-hydrogen) atoms. The first-order valence-corrected chi connectivity index (χ1v) is 9.14. The molecule has 2 N–H and O–H groups in total. The van der Waals surface area contributed by atoms with Gasteiger partial charge in [-0.3, -0.25) is 5.41 Å². The van der Waals surface area contributed by atoms with Crippen molar-refractivity contribution >= 4 is 46.6 Å². The van der Waals surface area contributed by atoms with Crippen LogP contribution >= 0.6 is 35.6 Å². The van der Waals surface area contributed by atoms with Gasteiger partial charge in [-0.25, -0.2) is 0 Å². The van der Waals surface area contributed by atoms with E-state index in [4.69, 9.17) is 28.6 Å². The van der Waals surface area contributed by atoms with Gasteiger partial charge in [0.2, 0.25) is 5.62 Å². The Bertz CT molecular complexity index is 981. The summed E-state index contributed by atoms with van der Waals surface area (Å²) in [6.07, 6.45) is -0.785. The second kappa shape index (κ2) is 9.13. The third-order valence-electron chi connectivity index (χ3n) is 4.43. The molecule has 3 aromatic rings. The standard InChI is InChI=1S/C19H22Cl2N4O.ClH/c1-23(2)9-10-24-16-5-3-4-6-17(16)25(19(24)22)12-18(26)13-7-8-14(20)15(21)11-13;/h3-8,11,18,22,26H,9-10,12H2,1-2H3;1H. The molecule has 0 saturated heterocycles. The van der Waals surface area contributed by atoms with Gasteiger partial charge >= 0.3 is 0 Å². The predicted octanol–water partition coefficient (Wildman–Crippen LogP) is 3.95. The van der Waals surface area contributed by atoms with E-state index in [0.717, 1.165) is 17.6 Å². The lowest BCUT2D eigenvalue weighted by Gasteiger charge is -2.14. The van der Waals surface area contributed by atoms with Crippen molar-refractivity contribution in [2.45, 2.75) is 19.2 Å². The van der Waals surface area contributed by atoms with E-state index >= 15 is 0 Å². The molecule has 3 rings (SSSR count). The van der Waals surface area contributed by atoms with Crippen molar-refractivity contribution in [3.8, 4) is 0 Å². The second-order valence-electron chi connectivity index (χ2n) is 6.57. The predicted molar refractivity (Wildman–Crippen MR) is 113 cm³/mol. The van der Waals surface area contributed by atoms with Crippen LogP contribution in [0.15, 0.2) is 42.5 Å². The van der Waals surface area contributed by atoms with E-state index in [2.05, 4.69) is 4.90 Å². The average molecular weight is 430 g/mol. The molecule has 0 fully saturated rings. The summed E-state index contributed by atoms with van der Waals surface area (Å²) in [4.78, 5) is 2.09. The summed E-state index contributed by atoms with van der Waals surface area (Å²) in [6.45, 7) is 1.81. The molecule has 5 nitrogen and oxygen atoms in total. The number of aromatic nitrogens is 2. The second-order valence-corrected chi connectivity index (χ2v) is 7.38. The van der Waals surface area contributed by atoms with Gasteiger partial charge in [-0.1, -0.05) is 41.4 Å². The highest BCUT2D eigenvalue weighted by molar-refractivity contribution is 6.42. The summed E-state index contributed by atoms with van der Waals surface area (Å²) in [5.41, 5.74) is 2.96. The zero-order chi connectivity index (χ0) is 18.8. The SMILES string of the molecule is CN(C)CCn1c(=N)n(CC(O)c2ccc(Cl)c(Cl)c2)c2ccccc21.Cl. The summed E-state index contributed by atoms with van der Waals surface area (Å²) in [5, 5.41) is 20.1. The van der Waals surface area contributed by atoms with Gasteiger partial charge < -0.3 is 19.1 Å². The molecule has 1 aromatic heterocycles. The monoisotopic (exact) mass is 428 g/mol. The van der Waals surface area contributed by atoms with Crippen molar-refractivity contribution in [2.24, 2.45) is 0 Å². The molecule has 0 radical (unpaired) electrons. The van der Waals surface area contributed by atoms with Crippen molar-refractivity contribution in [3.63, 3.8) is 0 Å². The lowest BCUT2D eigenvalue weighted by molar-refractivity contribution is 0.155. The van der Waals surface area contributed by atoms with Crippen molar-refractivity contribution < 1.29 is 5.11 Å². The molecule has 1 unspecified atom stereocenters. The summed E-state index contributed by atoms with van der Waals surface area (Å²) in [5.74, 6) is 0. The number of fused-ring (bicyclic) bond motifs is 1. The van der Waals surface area contributed by atoms with Crippen LogP contribution in [0.3, 0.4) is 0 Å². The van der Waals surface area contributed by atoms with Gasteiger partial charge in [-0.05, 0) is 43.9 Å². The Morgan fingerprint density at radius 2 is 1.67 bits per heavy atom. The van der Waals surface area contributed by atoms with Crippen molar-refractivity contribution in [1.82, 2.24) is 14.0 Å². The van der Waals surface area contributed by atoms with Gasteiger partial charge in [0.05, 0.1) is 33.7 Å². The topological polar surface area (TPSA) is 57.2 Å². The maximum Gasteiger partial charge on any atom is 0.203 e. The number of hydrogen-bond donors (Lipinski definition) is 2. The number of para-hydroxylation sites is 2. The summed E-state index contributed by atoms with van der Waals surface area (Å²) < 4.78 is 3.80. The van der Waals surface area contributed by atoms with Crippen LogP contribution in [0.1, 0.15) is 11.7 Å². The number of hydrogen-bond acceptors (Lipinski definition) is 3. The Hall–Kier alpha value is -1.50. The normalized spacial score (nSPS) is 12.4. The number of nitrogens with zero attached hydrogens (tertiary/aromatic N) is 3. The molecule has 0 aliphatic carbocycles. The highest BCUT2D eigenvalue weighted by atomic mass is 35.5. The molecule has 1 atom stereocenters. The lowest BCUT2D eigenvalue weighted by atomic mass is 10.1. The van der Waals surface area contributed by atoms with Gasteiger partial charge in [-0.2, -0.15) is 0 Å². The maximum atomic E-state index is 10.7. The van der Waals surface area contributed by atoms with Gasteiger partial charge in [-0.15, -0.1) is 12.4 Å². The molecule has 0 spiro atoms. The Labute approximate surface area is 174 Å². The van der Waals surface area contributed by atoms with Gasteiger partial charge in [0.25, 0.3) is 0 Å². The molecular weight excluding hydrogens is 407 g/mol. The molecule has 2 aromatic carbocycles. The minimum absolute atomic E-state index is 0. The third kappa shape index (κ3) is 4.68. The van der Waals surface area contributed by atoms with E-state index in [1.54, 1.807) is 18.2 Å². The molecule has 0 bridgehead atoms. The largest absolute Gasteiger partial charge is 0.387 e. The molecule has 0 aliphatic rings. The number of nitrogens with one attached hydrogen (secondary N) is 1. The van der Waals surface area contributed by atoms with Crippen molar-refractivity contribution in [1.29, 1.82) is 5.41 Å². The van der Waals surface area contributed by atoms with Crippen LogP contribution in [0.5, 0.6) is 0 Å². The fraction of sp³-hybridized carbons (Fsp3) is 0.316. The summed E-state index contributed by atoms with van der Waals surface area (Å²) >= 11 is 12.0. The molecule has 0 amide bonds. The zero-order valence-corrected chi connectivity index (χ0v) is 17.5. The number of likely N-dealkylation sites (N-methyl/N-ethyl adjacent to an activating group) is 1. The first-order chi connectivity index (χ1) is 12.4. The number of imidazole rings is 1. The smallest absolute Gasteiger partial charge is 0.203 e. The lowest BCUT2D eigenvalue weighted by Crippen LogP contribution is -2.29. The van der Waals surface area contributed by atoms with Crippen LogP contribution in [-0.4, -0.2) is 39.8 Å². The van der Waals surface area contributed by atoms with Gasteiger partial charge in [0.1, 0.15) is 0 Å². The van der Waals surface area contributed by atoms with Gasteiger partial charge in [0.15, 0.2) is 0 Å². The minimum atomic E-state index is -0.785. The fourth-order valence-electron chi connectivity index (χ4n) is 3.00. The van der Waals surface area contributed by atoms with E-state index in [-0.39, 0.29) is 19.0 Å². The highest BCUT2D eigenvalue weighted by Crippen LogP contribution is 2.26. The number of halogens is 3. The Morgan fingerprint density at radius 3 is 2.26 bits per heavy atom. The average Bonchev–Trinajstić information content (AvgIpc) is 2.87. The fourth-order valence-corrected chi connectivity index (χ4v) is 3.31. The Balaban J connectivity index is 0.00000261. The van der Waals surface area contributed by atoms with E-state index in [9.17, 15) is 5.11 Å². The highest BCUT2D eigenvalue weighted by Gasteiger charge is 2.16. The van der Waals surface area contributed by atoms with Crippen molar-refractivity contribution in [2.75, 3.05) is 20.6 Å². The molecular formula is C19H23Cl3N4O. The maximum absolute atomic E-state index is 10.7. The van der Waals surface area contributed by atoms with Crippen LogP contribution < -0.4 is 5.62 Å².